The Morgan fingerprint density at radius 3 is 2.74 bits per heavy atom. The largest absolute Gasteiger partial charge is 0.398 e. The van der Waals surface area contributed by atoms with E-state index >= 15 is 0 Å². The van der Waals surface area contributed by atoms with Crippen molar-refractivity contribution >= 4 is 48.7 Å². The first-order valence-corrected chi connectivity index (χ1v) is 8.70. The summed E-state index contributed by atoms with van der Waals surface area (Å²) < 4.78 is 27.8. The monoisotopic (exact) mass is 358 g/mol. The quantitative estimate of drug-likeness (QED) is 0.839. The summed E-state index contributed by atoms with van der Waals surface area (Å²) in [5.74, 6) is 0. The molecule has 0 radical (unpaired) electrons. The number of nitrogen functional groups attached to an aromatic ring is 1. The predicted octanol–water partition coefficient (Wildman–Crippen LogP) is 2.84. The Bertz CT molecular complexity index is 740. The standard InChI is InChI=1S/C12H11BrN2O2S2/c13-11-4-5-12(18-11)19(16,17)15-7-6-8-9(14)2-1-3-10(8)15/h1-5H,6-7,14H2. The van der Waals surface area contributed by atoms with Gasteiger partial charge in [-0.25, -0.2) is 8.42 Å². The summed E-state index contributed by atoms with van der Waals surface area (Å²) in [4.78, 5) is 0. The van der Waals surface area contributed by atoms with Gasteiger partial charge < -0.3 is 5.73 Å². The maximum Gasteiger partial charge on any atom is 0.273 e. The van der Waals surface area contributed by atoms with Crippen LogP contribution in [0.5, 0.6) is 0 Å². The zero-order valence-electron chi connectivity index (χ0n) is 9.84. The Balaban J connectivity index is 2.09. The Labute approximate surface area is 124 Å². The van der Waals surface area contributed by atoms with Crippen molar-refractivity contribution in [3.05, 3.63) is 39.7 Å². The van der Waals surface area contributed by atoms with E-state index in [1.54, 1.807) is 30.3 Å². The van der Waals surface area contributed by atoms with E-state index in [9.17, 15) is 8.42 Å². The van der Waals surface area contributed by atoms with Gasteiger partial charge in [-0.1, -0.05) is 6.07 Å². The fourth-order valence-corrected chi connectivity index (χ4v) is 5.85. The number of fused-ring (bicyclic) bond motifs is 1. The minimum absolute atomic E-state index is 0.342. The number of nitrogens with two attached hydrogens (primary N) is 1. The third-order valence-corrected chi connectivity index (χ3v) is 7.02. The molecule has 0 saturated carbocycles. The molecular formula is C12H11BrN2O2S2. The van der Waals surface area contributed by atoms with Crippen LogP contribution in [0.3, 0.4) is 0 Å². The van der Waals surface area contributed by atoms with E-state index in [1.807, 2.05) is 0 Å². The lowest BCUT2D eigenvalue weighted by atomic mass is 10.1. The topological polar surface area (TPSA) is 63.4 Å². The molecule has 4 nitrogen and oxygen atoms in total. The van der Waals surface area contributed by atoms with Gasteiger partial charge in [-0.15, -0.1) is 11.3 Å². The minimum atomic E-state index is -3.48. The van der Waals surface area contributed by atoms with Crippen molar-refractivity contribution in [1.82, 2.24) is 0 Å². The van der Waals surface area contributed by atoms with Gasteiger partial charge in [-0.3, -0.25) is 4.31 Å². The number of hydrogen-bond acceptors (Lipinski definition) is 4. The van der Waals surface area contributed by atoms with Gasteiger partial charge in [0.25, 0.3) is 10.0 Å². The Kier molecular flexibility index (Phi) is 3.07. The molecule has 1 aromatic carbocycles. The lowest BCUT2D eigenvalue weighted by Crippen LogP contribution is -2.28. The van der Waals surface area contributed by atoms with Crippen molar-refractivity contribution in [2.45, 2.75) is 10.6 Å². The highest BCUT2D eigenvalue weighted by Crippen LogP contribution is 2.37. The highest BCUT2D eigenvalue weighted by Gasteiger charge is 2.32. The second kappa shape index (κ2) is 4.50. The lowest BCUT2D eigenvalue weighted by molar-refractivity contribution is 0.594. The highest BCUT2D eigenvalue weighted by atomic mass is 79.9. The Hall–Kier alpha value is -1.05. The molecule has 1 aromatic heterocycles. The van der Waals surface area contributed by atoms with Crippen LogP contribution >= 0.6 is 27.3 Å². The fourth-order valence-electron chi connectivity index (χ4n) is 2.23. The van der Waals surface area contributed by atoms with Crippen molar-refractivity contribution in [2.75, 3.05) is 16.6 Å². The van der Waals surface area contributed by atoms with Crippen LogP contribution in [-0.4, -0.2) is 15.0 Å². The number of thiophene rings is 1. The number of halogens is 1. The van der Waals surface area contributed by atoms with E-state index in [0.29, 0.717) is 28.5 Å². The van der Waals surface area contributed by atoms with Crippen LogP contribution in [0, 0.1) is 0 Å². The zero-order chi connectivity index (χ0) is 13.6. The first-order chi connectivity index (χ1) is 9.00. The second-order valence-electron chi connectivity index (χ2n) is 4.23. The molecule has 1 aliphatic rings. The minimum Gasteiger partial charge on any atom is -0.398 e. The summed E-state index contributed by atoms with van der Waals surface area (Å²) >= 11 is 4.51. The van der Waals surface area contributed by atoms with E-state index in [0.717, 1.165) is 9.35 Å². The fraction of sp³-hybridized carbons (Fsp3) is 0.167. The van der Waals surface area contributed by atoms with Gasteiger partial charge in [0, 0.05) is 17.8 Å². The van der Waals surface area contributed by atoms with Crippen molar-refractivity contribution in [1.29, 1.82) is 0 Å². The molecule has 2 heterocycles. The van der Waals surface area contributed by atoms with Crippen molar-refractivity contribution in [3.8, 4) is 0 Å². The predicted molar refractivity (Wildman–Crippen MR) is 81.1 cm³/mol. The molecule has 2 aromatic rings. The molecule has 0 spiro atoms. The molecule has 2 N–H and O–H groups in total. The van der Waals surface area contributed by atoms with Crippen LogP contribution in [0.15, 0.2) is 38.3 Å². The molecule has 19 heavy (non-hydrogen) atoms. The van der Waals surface area contributed by atoms with Gasteiger partial charge in [0.15, 0.2) is 0 Å². The first-order valence-electron chi connectivity index (χ1n) is 5.65. The van der Waals surface area contributed by atoms with Crippen LogP contribution in [0.1, 0.15) is 5.56 Å². The Morgan fingerprint density at radius 2 is 2.05 bits per heavy atom. The molecule has 0 aliphatic carbocycles. The van der Waals surface area contributed by atoms with Gasteiger partial charge in [-0.2, -0.15) is 0 Å². The molecule has 0 fully saturated rings. The van der Waals surface area contributed by atoms with Gasteiger partial charge in [0.05, 0.1) is 9.47 Å². The summed E-state index contributed by atoms with van der Waals surface area (Å²) in [7, 11) is -3.48. The summed E-state index contributed by atoms with van der Waals surface area (Å²) in [5.41, 5.74) is 8.17. The number of benzene rings is 1. The van der Waals surface area contributed by atoms with Crippen LogP contribution in [0.25, 0.3) is 0 Å². The van der Waals surface area contributed by atoms with E-state index in [1.165, 1.54) is 15.6 Å². The van der Waals surface area contributed by atoms with E-state index in [4.69, 9.17) is 5.73 Å². The van der Waals surface area contributed by atoms with E-state index in [-0.39, 0.29) is 0 Å². The SMILES string of the molecule is Nc1cccc2c1CCN2S(=O)(=O)c1ccc(Br)s1. The summed E-state index contributed by atoms with van der Waals surface area (Å²) in [6, 6.07) is 8.75. The van der Waals surface area contributed by atoms with Gasteiger partial charge in [0.1, 0.15) is 4.21 Å². The molecule has 1 aliphatic heterocycles. The van der Waals surface area contributed by atoms with Crippen molar-refractivity contribution in [2.24, 2.45) is 0 Å². The second-order valence-corrected chi connectivity index (χ2v) is 8.78. The Morgan fingerprint density at radius 1 is 1.26 bits per heavy atom. The molecule has 3 rings (SSSR count). The first kappa shape index (κ1) is 13.0. The van der Waals surface area contributed by atoms with Crippen LogP contribution in [0.4, 0.5) is 11.4 Å². The third-order valence-electron chi connectivity index (χ3n) is 3.11. The van der Waals surface area contributed by atoms with Crippen molar-refractivity contribution in [3.63, 3.8) is 0 Å². The van der Waals surface area contributed by atoms with Gasteiger partial charge >= 0.3 is 0 Å². The zero-order valence-corrected chi connectivity index (χ0v) is 13.1. The smallest absolute Gasteiger partial charge is 0.273 e. The number of rotatable bonds is 2. The average Bonchev–Trinajstić information content (AvgIpc) is 2.96. The van der Waals surface area contributed by atoms with Gasteiger partial charge in [0.2, 0.25) is 0 Å². The third kappa shape index (κ3) is 2.05. The number of hydrogen-bond donors (Lipinski definition) is 1. The van der Waals surface area contributed by atoms with Crippen molar-refractivity contribution < 1.29 is 8.42 Å². The van der Waals surface area contributed by atoms with Gasteiger partial charge in [-0.05, 0) is 46.6 Å². The lowest BCUT2D eigenvalue weighted by Gasteiger charge is -2.18. The summed E-state index contributed by atoms with van der Waals surface area (Å²) in [6.45, 7) is 0.446. The summed E-state index contributed by atoms with van der Waals surface area (Å²) in [6.07, 6.45) is 0.660. The van der Waals surface area contributed by atoms with Crippen LogP contribution in [0.2, 0.25) is 0 Å². The highest BCUT2D eigenvalue weighted by molar-refractivity contribution is 9.11. The molecule has 0 amide bonds. The molecule has 0 unspecified atom stereocenters. The molecule has 0 saturated heterocycles. The number of anilines is 2. The maximum atomic E-state index is 12.6. The molecular weight excluding hydrogens is 348 g/mol. The average molecular weight is 359 g/mol. The van der Waals surface area contributed by atoms with Crippen LogP contribution in [-0.2, 0) is 16.4 Å². The number of sulfonamides is 1. The molecule has 0 bridgehead atoms. The van der Waals surface area contributed by atoms with E-state index < -0.39 is 10.0 Å². The molecule has 0 atom stereocenters. The summed E-state index contributed by atoms with van der Waals surface area (Å²) in [5, 5.41) is 0. The normalized spacial score (nSPS) is 14.7. The van der Waals surface area contributed by atoms with E-state index in [2.05, 4.69) is 15.9 Å². The number of nitrogens with zero attached hydrogens (tertiary/aromatic N) is 1. The molecule has 100 valence electrons. The van der Waals surface area contributed by atoms with Crippen LogP contribution < -0.4 is 10.0 Å². The maximum absolute atomic E-state index is 12.6. The molecule has 7 heteroatoms.